The standard InChI is InChI=1S/C24H22ClN3O2S/c1-15-4-6-20(7-5-15)31(29,30)27(3)19-12-16(2)22-17(13-19)9-11-28-21(22)14-18-8-10-26-24(25)23(18)28/h4-8,10,12-14H,9,11H2,1-3H3. The van der Waals surface area contributed by atoms with Crippen molar-refractivity contribution in [2.24, 2.45) is 0 Å². The van der Waals surface area contributed by atoms with Crippen LogP contribution >= 0.6 is 11.6 Å². The Hall–Kier alpha value is -2.83. The summed E-state index contributed by atoms with van der Waals surface area (Å²) in [4.78, 5) is 4.53. The largest absolute Gasteiger partial charge is 0.338 e. The predicted molar refractivity (Wildman–Crippen MR) is 125 cm³/mol. The molecule has 0 saturated heterocycles. The molecular weight excluding hydrogens is 430 g/mol. The number of anilines is 1. The Morgan fingerprint density at radius 2 is 1.81 bits per heavy atom. The molecule has 0 fully saturated rings. The van der Waals surface area contributed by atoms with Gasteiger partial charge < -0.3 is 4.57 Å². The second kappa shape index (κ2) is 7.11. The van der Waals surface area contributed by atoms with Crippen molar-refractivity contribution >= 4 is 38.2 Å². The zero-order valence-corrected chi connectivity index (χ0v) is 19.1. The van der Waals surface area contributed by atoms with E-state index in [1.807, 2.05) is 44.2 Å². The quantitative estimate of drug-likeness (QED) is 0.394. The van der Waals surface area contributed by atoms with Crippen molar-refractivity contribution in [2.45, 2.75) is 31.7 Å². The first-order valence-corrected chi connectivity index (χ1v) is 11.9. The Balaban J connectivity index is 1.61. The monoisotopic (exact) mass is 451 g/mol. The van der Waals surface area contributed by atoms with Gasteiger partial charge in [0.05, 0.1) is 16.1 Å². The van der Waals surface area contributed by atoms with E-state index in [-0.39, 0.29) is 0 Å². The van der Waals surface area contributed by atoms with Gasteiger partial charge >= 0.3 is 0 Å². The van der Waals surface area contributed by atoms with E-state index >= 15 is 0 Å². The van der Waals surface area contributed by atoms with Gasteiger partial charge in [-0.3, -0.25) is 4.31 Å². The summed E-state index contributed by atoms with van der Waals surface area (Å²) in [5.41, 5.74) is 7.06. The van der Waals surface area contributed by atoms with Gasteiger partial charge in [0.15, 0.2) is 5.15 Å². The lowest BCUT2D eigenvalue weighted by Gasteiger charge is -2.26. The van der Waals surface area contributed by atoms with Gasteiger partial charge in [0.1, 0.15) is 0 Å². The smallest absolute Gasteiger partial charge is 0.264 e. The lowest BCUT2D eigenvalue weighted by Crippen LogP contribution is -2.27. The molecule has 0 bridgehead atoms. The molecule has 0 N–H and O–H groups in total. The van der Waals surface area contributed by atoms with Crippen molar-refractivity contribution in [3.8, 4) is 11.3 Å². The zero-order valence-electron chi connectivity index (χ0n) is 17.6. The van der Waals surface area contributed by atoms with Crippen LogP contribution in [-0.4, -0.2) is 25.0 Å². The fourth-order valence-electron chi connectivity index (χ4n) is 4.44. The predicted octanol–water partition coefficient (Wildman–Crippen LogP) is 5.35. The number of rotatable bonds is 3. The highest BCUT2D eigenvalue weighted by molar-refractivity contribution is 7.92. The molecule has 0 radical (unpaired) electrons. The number of aromatic nitrogens is 2. The average molecular weight is 452 g/mol. The number of halogens is 1. The second-order valence-corrected chi connectivity index (χ2v) is 10.4. The van der Waals surface area contributed by atoms with E-state index in [0.29, 0.717) is 15.7 Å². The normalized spacial score (nSPS) is 13.2. The van der Waals surface area contributed by atoms with E-state index in [2.05, 4.69) is 15.6 Å². The molecule has 4 aromatic rings. The molecule has 5 nitrogen and oxygen atoms in total. The second-order valence-electron chi connectivity index (χ2n) is 8.05. The minimum Gasteiger partial charge on any atom is -0.338 e. The maximum Gasteiger partial charge on any atom is 0.264 e. The number of nitrogens with zero attached hydrogens (tertiary/aromatic N) is 3. The molecule has 0 spiro atoms. The Morgan fingerprint density at radius 3 is 2.55 bits per heavy atom. The van der Waals surface area contributed by atoms with Crippen molar-refractivity contribution in [2.75, 3.05) is 11.4 Å². The number of benzene rings is 2. The highest BCUT2D eigenvalue weighted by Gasteiger charge is 2.26. The van der Waals surface area contributed by atoms with Crippen molar-refractivity contribution in [1.29, 1.82) is 0 Å². The molecule has 3 heterocycles. The third-order valence-corrected chi connectivity index (χ3v) is 8.15. The summed E-state index contributed by atoms with van der Waals surface area (Å²) in [7, 11) is -2.02. The minimum absolute atomic E-state index is 0.290. The molecule has 0 saturated carbocycles. The summed E-state index contributed by atoms with van der Waals surface area (Å²) in [6, 6.07) is 15.0. The van der Waals surface area contributed by atoms with E-state index in [1.54, 1.807) is 25.4 Å². The fourth-order valence-corrected chi connectivity index (χ4v) is 5.88. The first kappa shape index (κ1) is 20.1. The van der Waals surface area contributed by atoms with Gasteiger partial charge in [0.25, 0.3) is 10.0 Å². The van der Waals surface area contributed by atoms with Crippen LogP contribution in [0.1, 0.15) is 16.7 Å². The number of aryl methyl sites for hydroxylation is 4. The van der Waals surface area contributed by atoms with Crippen LogP contribution in [0.25, 0.3) is 22.2 Å². The van der Waals surface area contributed by atoms with Crippen molar-refractivity contribution < 1.29 is 8.42 Å². The molecule has 0 amide bonds. The maximum absolute atomic E-state index is 13.2. The lowest BCUT2D eigenvalue weighted by molar-refractivity contribution is 0.594. The van der Waals surface area contributed by atoms with Crippen LogP contribution < -0.4 is 4.31 Å². The Morgan fingerprint density at radius 1 is 1.06 bits per heavy atom. The molecule has 158 valence electrons. The van der Waals surface area contributed by atoms with Crippen LogP contribution in [0.3, 0.4) is 0 Å². The van der Waals surface area contributed by atoms with Crippen molar-refractivity contribution in [3.05, 3.63) is 76.6 Å². The Labute approximate surface area is 187 Å². The number of sulfonamides is 1. The van der Waals surface area contributed by atoms with E-state index in [4.69, 9.17) is 11.6 Å². The average Bonchev–Trinajstić information content (AvgIpc) is 3.13. The van der Waals surface area contributed by atoms with Gasteiger partial charge in [-0.05, 0) is 67.8 Å². The molecule has 5 rings (SSSR count). The van der Waals surface area contributed by atoms with E-state index in [9.17, 15) is 8.42 Å². The lowest BCUT2D eigenvalue weighted by atomic mass is 9.93. The molecule has 1 aliphatic heterocycles. The van der Waals surface area contributed by atoms with Gasteiger partial charge in [-0.1, -0.05) is 29.3 Å². The van der Waals surface area contributed by atoms with Gasteiger partial charge in [-0.15, -0.1) is 0 Å². The molecule has 31 heavy (non-hydrogen) atoms. The van der Waals surface area contributed by atoms with Crippen LogP contribution in [0.15, 0.2) is 59.6 Å². The number of hydrogen-bond donors (Lipinski definition) is 0. The molecule has 0 atom stereocenters. The number of hydrogen-bond acceptors (Lipinski definition) is 3. The highest BCUT2D eigenvalue weighted by atomic mass is 35.5. The van der Waals surface area contributed by atoms with E-state index < -0.39 is 10.0 Å². The van der Waals surface area contributed by atoms with Crippen LogP contribution in [0.2, 0.25) is 5.15 Å². The van der Waals surface area contributed by atoms with Gasteiger partial charge in [0.2, 0.25) is 0 Å². The molecular formula is C24H22ClN3O2S. The first-order valence-electron chi connectivity index (χ1n) is 10.1. The zero-order chi connectivity index (χ0) is 21.9. The van der Waals surface area contributed by atoms with Crippen LogP contribution in [-0.2, 0) is 23.0 Å². The molecule has 1 aliphatic rings. The van der Waals surface area contributed by atoms with Crippen molar-refractivity contribution in [3.63, 3.8) is 0 Å². The number of fused-ring (bicyclic) bond motifs is 5. The van der Waals surface area contributed by atoms with Gasteiger partial charge in [0, 0.05) is 36.4 Å². The van der Waals surface area contributed by atoms with E-state index in [1.165, 1.54) is 4.31 Å². The molecule has 2 aromatic heterocycles. The van der Waals surface area contributed by atoms with Gasteiger partial charge in [-0.2, -0.15) is 0 Å². The van der Waals surface area contributed by atoms with Gasteiger partial charge in [-0.25, -0.2) is 13.4 Å². The number of pyridine rings is 1. The van der Waals surface area contributed by atoms with E-state index in [0.717, 1.165) is 51.8 Å². The minimum atomic E-state index is -3.64. The summed E-state index contributed by atoms with van der Waals surface area (Å²) in [5.74, 6) is 0. The highest BCUT2D eigenvalue weighted by Crippen LogP contribution is 2.40. The van der Waals surface area contributed by atoms with Crippen LogP contribution in [0, 0.1) is 13.8 Å². The van der Waals surface area contributed by atoms with Crippen molar-refractivity contribution in [1.82, 2.24) is 9.55 Å². The molecule has 7 heteroatoms. The summed E-state index contributed by atoms with van der Waals surface area (Å²) in [6.45, 7) is 4.74. The first-order chi connectivity index (χ1) is 14.8. The molecule has 2 aromatic carbocycles. The topological polar surface area (TPSA) is 55.2 Å². The summed E-state index contributed by atoms with van der Waals surface area (Å²) in [5, 5.41) is 1.57. The summed E-state index contributed by atoms with van der Waals surface area (Å²) >= 11 is 6.38. The molecule has 0 unspecified atom stereocenters. The van der Waals surface area contributed by atoms with Crippen LogP contribution in [0.4, 0.5) is 5.69 Å². The summed E-state index contributed by atoms with van der Waals surface area (Å²) in [6.07, 6.45) is 2.52. The Bertz CT molecular complexity index is 1440. The van der Waals surface area contributed by atoms with Crippen LogP contribution in [0.5, 0.6) is 0 Å². The third-order valence-electron chi connectivity index (χ3n) is 6.07. The third kappa shape index (κ3) is 3.13. The summed E-state index contributed by atoms with van der Waals surface area (Å²) < 4.78 is 29.9. The SMILES string of the molecule is Cc1ccc(S(=O)(=O)N(C)c2cc(C)c3c(c2)CCn2c-3cc3ccnc(Cl)c32)cc1. The Kier molecular flexibility index (Phi) is 4.61. The fraction of sp³-hybridized carbons (Fsp3) is 0.208. The molecule has 0 aliphatic carbocycles. The maximum atomic E-state index is 13.2.